The fraction of sp³-hybridized carbons (Fsp3) is 0.333. The van der Waals surface area contributed by atoms with E-state index < -0.39 is 0 Å². The smallest absolute Gasteiger partial charge is 0.119 e. The van der Waals surface area contributed by atoms with Gasteiger partial charge in [0.15, 0.2) is 0 Å². The van der Waals surface area contributed by atoms with Crippen molar-refractivity contribution in [3.63, 3.8) is 0 Å². The number of aliphatic hydroxyl groups is 2. The number of hydrogen-bond donors (Lipinski definition) is 2. The van der Waals surface area contributed by atoms with Crippen molar-refractivity contribution in [3.8, 4) is 45.3 Å². The summed E-state index contributed by atoms with van der Waals surface area (Å²) in [5, 5.41) is 17.8. The van der Waals surface area contributed by atoms with Crippen LogP contribution in [0.2, 0.25) is 0 Å². The van der Waals surface area contributed by atoms with E-state index in [9.17, 15) is 0 Å². The van der Waals surface area contributed by atoms with Gasteiger partial charge in [-0.3, -0.25) is 0 Å². The molecule has 0 saturated heterocycles. The highest BCUT2D eigenvalue weighted by molar-refractivity contribution is 5.65. The van der Waals surface area contributed by atoms with Gasteiger partial charge in [-0.25, -0.2) is 0 Å². The Labute approximate surface area is 259 Å². The van der Waals surface area contributed by atoms with E-state index in [1.54, 1.807) is 0 Å². The lowest BCUT2D eigenvalue weighted by Crippen LogP contribution is -2.23. The second kappa shape index (κ2) is 17.9. The molecule has 4 rings (SSSR count). The predicted octanol–water partition coefficient (Wildman–Crippen LogP) is 6.03. The molecule has 234 valence electrons. The van der Waals surface area contributed by atoms with Crippen LogP contribution in [0, 0.1) is 0 Å². The molecule has 0 spiro atoms. The van der Waals surface area contributed by atoms with Gasteiger partial charge in [0, 0.05) is 0 Å². The van der Waals surface area contributed by atoms with Crippen molar-refractivity contribution in [1.82, 2.24) is 0 Å². The van der Waals surface area contributed by atoms with Gasteiger partial charge >= 0.3 is 0 Å². The molecule has 0 heterocycles. The van der Waals surface area contributed by atoms with Crippen molar-refractivity contribution in [3.05, 3.63) is 97.1 Å². The number of aliphatic hydroxyl groups excluding tert-OH is 2. The highest BCUT2D eigenvalue weighted by Crippen LogP contribution is 2.26. The lowest BCUT2D eigenvalue weighted by Gasteiger charge is -2.17. The molecule has 2 N–H and O–H groups in total. The topological polar surface area (TPSA) is 95.8 Å². The van der Waals surface area contributed by atoms with Crippen LogP contribution in [0.15, 0.2) is 97.1 Å². The molecule has 8 heteroatoms. The Morgan fingerprint density at radius 3 is 1.02 bits per heavy atom. The number of rotatable bonds is 19. The second-order valence-electron chi connectivity index (χ2n) is 10.2. The van der Waals surface area contributed by atoms with Gasteiger partial charge in [0.1, 0.15) is 48.4 Å². The molecule has 2 unspecified atom stereocenters. The quantitative estimate of drug-likeness (QED) is 0.126. The highest BCUT2D eigenvalue weighted by Gasteiger charge is 2.08. The summed E-state index contributed by atoms with van der Waals surface area (Å²) >= 11 is 0. The van der Waals surface area contributed by atoms with Gasteiger partial charge < -0.3 is 38.6 Å². The van der Waals surface area contributed by atoms with Crippen molar-refractivity contribution in [2.45, 2.75) is 26.1 Å². The fourth-order valence-corrected chi connectivity index (χ4v) is 4.42. The molecule has 0 fully saturated rings. The molecule has 44 heavy (non-hydrogen) atoms. The van der Waals surface area contributed by atoms with Crippen LogP contribution in [0.5, 0.6) is 23.0 Å². The first kappa shape index (κ1) is 32.8. The lowest BCUT2D eigenvalue weighted by molar-refractivity contribution is -0.00159. The maximum atomic E-state index is 8.88. The molecule has 0 radical (unpaired) electrons. The Kier molecular flexibility index (Phi) is 13.4. The first-order valence-electron chi connectivity index (χ1n) is 14.9. The Balaban J connectivity index is 1.08. The van der Waals surface area contributed by atoms with E-state index in [-0.39, 0.29) is 38.6 Å². The standard InChI is InChI=1S/C36H42O8/c1-27(43-35-15-7-31(8-16-35)29-3-11-33(12-4-29)41-21-19-37)25-39-23-24-40-26-28(2)44-36-17-9-32(10-18-36)30-5-13-34(14-6-30)42-22-20-38/h3-18,27-28,37-38H,19-26H2,1-2H3. The number of benzene rings is 4. The van der Waals surface area contributed by atoms with Crippen molar-refractivity contribution >= 4 is 0 Å². The summed E-state index contributed by atoms with van der Waals surface area (Å²) in [4.78, 5) is 0. The Bertz CT molecular complexity index is 1230. The molecule has 4 aromatic carbocycles. The van der Waals surface area contributed by atoms with E-state index in [1.165, 1.54) is 0 Å². The summed E-state index contributed by atoms with van der Waals surface area (Å²) in [6.45, 7) is 6.36. The van der Waals surface area contributed by atoms with Gasteiger partial charge in [-0.05, 0) is 84.6 Å². The summed E-state index contributed by atoms with van der Waals surface area (Å²) in [7, 11) is 0. The zero-order chi connectivity index (χ0) is 31.0. The molecule has 4 aromatic rings. The normalized spacial score (nSPS) is 12.4. The maximum Gasteiger partial charge on any atom is 0.119 e. The van der Waals surface area contributed by atoms with E-state index in [0.717, 1.165) is 45.3 Å². The van der Waals surface area contributed by atoms with Gasteiger partial charge in [-0.2, -0.15) is 0 Å². The summed E-state index contributed by atoms with van der Waals surface area (Å²) in [6, 6.07) is 31.4. The summed E-state index contributed by atoms with van der Waals surface area (Å²) in [5.74, 6) is 3.03. The zero-order valence-electron chi connectivity index (χ0n) is 25.4. The molecule has 0 bridgehead atoms. The van der Waals surface area contributed by atoms with Crippen molar-refractivity contribution in [2.24, 2.45) is 0 Å². The van der Waals surface area contributed by atoms with Gasteiger partial charge in [-0.15, -0.1) is 0 Å². The van der Waals surface area contributed by atoms with E-state index in [2.05, 4.69) is 0 Å². The van der Waals surface area contributed by atoms with Gasteiger partial charge in [0.25, 0.3) is 0 Å². The van der Waals surface area contributed by atoms with E-state index in [0.29, 0.717) is 26.4 Å². The lowest BCUT2D eigenvalue weighted by atomic mass is 10.1. The summed E-state index contributed by atoms with van der Waals surface area (Å²) in [5.41, 5.74) is 4.31. The van der Waals surface area contributed by atoms with Crippen LogP contribution in [0.1, 0.15) is 13.8 Å². The van der Waals surface area contributed by atoms with Gasteiger partial charge in [-0.1, -0.05) is 48.5 Å². The molecule has 0 aliphatic rings. The van der Waals surface area contributed by atoms with Crippen LogP contribution in [0.25, 0.3) is 22.3 Å². The average Bonchev–Trinajstić information content (AvgIpc) is 3.05. The largest absolute Gasteiger partial charge is 0.491 e. The fourth-order valence-electron chi connectivity index (χ4n) is 4.42. The number of ether oxygens (including phenoxy) is 6. The first-order valence-corrected chi connectivity index (χ1v) is 14.9. The SMILES string of the molecule is CC(COCCOCC(C)Oc1ccc(-c2ccc(OCCO)cc2)cc1)Oc1ccc(-c2ccc(OCCO)cc2)cc1. The van der Waals surface area contributed by atoms with Crippen molar-refractivity contribution in [1.29, 1.82) is 0 Å². The Morgan fingerprint density at radius 2 is 0.727 bits per heavy atom. The minimum atomic E-state index is -0.105. The van der Waals surface area contributed by atoms with E-state index >= 15 is 0 Å². The molecule has 0 aliphatic heterocycles. The molecule has 8 nitrogen and oxygen atoms in total. The van der Waals surface area contributed by atoms with Crippen molar-refractivity contribution in [2.75, 3.05) is 52.9 Å². The maximum absolute atomic E-state index is 8.88. The molecule has 2 atom stereocenters. The van der Waals surface area contributed by atoms with Gasteiger partial charge in [0.2, 0.25) is 0 Å². The molecular weight excluding hydrogens is 560 g/mol. The summed E-state index contributed by atoms with van der Waals surface area (Å²) in [6.07, 6.45) is -0.210. The molecule has 0 amide bonds. The minimum Gasteiger partial charge on any atom is -0.491 e. The first-order chi connectivity index (χ1) is 21.5. The monoisotopic (exact) mass is 602 g/mol. The van der Waals surface area contributed by atoms with Gasteiger partial charge in [0.05, 0.1) is 39.6 Å². The van der Waals surface area contributed by atoms with Crippen LogP contribution < -0.4 is 18.9 Å². The Morgan fingerprint density at radius 1 is 0.432 bits per heavy atom. The third-order valence-electron chi connectivity index (χ3n) is 6.56. The highest BCUT2D eigenvalue weighted by atomic mass is 16.6. The third kappa shape index (κ3) is 10.9. The van der Waals surface area contributed by atoms with E-state index in [4.69, 9.17) is 38.6 Å². The van der Waals surface area contributed by atoms with Crippen LogP contribution in [-0.2, 0) is 9.47 Å². The predicted molar refractivity (Wildman–Crippen MR) is 171 cm³/mol. The second-order valence-corrected chi connectivity index (χ2v) is 10.2. The van der Waals surface area contributed by atoms with Crippen LogP contribution in [-0.4, -0.2) is 75.3 Å². The van der Waals surface area contributed by atoms with Crippen LogP contribution in [0.3, 0.4) is 0 Å². The molecular formula is C36H42O8. The van der Waals surface area contributed by atoms with E-state index in [1.807, 2.05) is 111 Å². The zero-order valence-corrected chi connectivity index (χ0v) is 25.4. The van der Waals surface area contributed by atoms with Crippen molar-refractivity contribution < 1.29 is 38.6 Å². The average molecular weight is 603 g/mol. The molecule has 0 aliphatic carbocycles. The summed E-state index contributed by atoms with van der Waals surface area (Å²) < 4.78 is 34.3. The van der Waals surface area contributed by atoms with Crippen LogP contribution in [0.4, 0.5) is 0 Å². The molecule has 0 saturated carbocycles. The minimum absolute atomic E-state index is 0.00460. The Hall–Kier alpha value is -4.08. The third-order valence-corrected chi connectivity index (χ3v) is 6.56. The number of hydrogen-bond acceptors (Lipinski definition) is 8. The molecule has 0 aromatic heterocycles. The van der Waals surface area contributed by atoms with Crippen LogP contribution >= 0.6 is 0 Å².